The second-order valence-electron chi connectivity index (χ2n) is 13.4. The summed E-state index contributed by atoms with van der Waals surface area (Å²) in [5, 5.41) is 0. The number of nitrogens with zero attached hydrogens (tertiary/aromatic N) is 2. The first-order valence-electron chi connectivity index (χ1n) is 17.5. The summed E-state index contributed by atoms with van der Waals surface area (Å²) in [6.07, 6.45) is 0. The molecule has 1 aromatic heterocycles. The molecule has 0 radical (unpaired) electrons. The quantitative estimate of drug-likeness (QED) is 0.171. The maximum Gasteiger partial charge on any atom is 0.160 e. The summed E-state index contributed by atoms with van der Waals surface area (Å²) in [7, 11) is 0. The van der Waals surface area contributed by atoms with Crippen LogP contribution in [-0.2, 0) is 0 Å². The standard InChI is InChI=1S/C49H38N2/c1-33-13-10-18-38(24-33)39-19-11-21-41(27-39)44-29-45(42-22-12-20-40(28-42)43-25-34(2)23-35(3)26-43)31-46(30-44)48-32-47(36-14-6-4-7-15-36)50-49(51-48)37-16-8-5-9-17-37/h4-32H,1-3H3. The predicted octanol–water partition coefficient (Wildman–Crippen LogP) is 13.1. The van der Waals surface area contributed by atoms with Gasteiger partial charge in [0.25, 0.3) is 0 Å². The van der Waals surface area contributed by atoms with E-state index in [0.29, 0.717) is 5.82 Å². The molecular weight excluding hydrogens is 617 g/mol. The fourth-order valence-electron chi connectivity index (χ4n) is 6.90. The van der Waals surface area contributed by atoms with E-state index in [9.17, 15) is 0 Å². The number of aryl methyl sites for hydroxylation is 3. The Balaban J connectivity index is 1.33. The normalized spacial score (nSPS) is 11.0. The first-order valence-corrected chi connectivity index (χ1v) is 17.5. The van der Waals surface area contributed by atoms with Gasteiger partial charge in [0, 0.05) is 16.7 Å². The lowest BCUT2D eigenvalue weighted by Gasteiger charge is -2.14. The molecule has 0 fully saturated rings. The van der Waals surface area contributed by atoms with Crippen molar-refractivity contribution in [1.82, 2.24) is 9.97 Å². The third kappa shape index (κ3) is 7.04. The van der Waals surface area contributed by atoms with Gasteiger partial charge in [0.2, 0.25) is 0 Å². The topological polar surface area (TPSA) is 25.8 Å². The lowest BCUT2D eigenvalue weighted by molar-refractivity contribution is 1.18. The van der Waals surface area contributed by atoms with Crippen molar-refractivity contribution in [2.45, 2.75) is 20.8 Å². The van der Waals surface area contributed by atoms with Crippen molar-refractivity contribution in [3.63, 3.8) is 0 Å². The van der Waals surface area contributed by atoms with Gasteiger partial charge >= 0.3 is 0 Å². The Morgan fingerprint density at radius 2 is 0.627 bits per heavy atom. The van der Waals surface area contributed by atoms with Gasteiger partial charge in [0.15, 0.2) is 5.82 Å². The van der Waals surface area contributed by atoms with E-state index in [1.165, 1.54) is 38.9 Å². The molecule has 2 nitrogen and oxygen atoms in total. The molecule has 51 heavy (non-hydrogen) atoms. The molecule has 8 aromatic rings. The van der Waals surface area contributed by atoms with Crippen LogP contribution < -0.4 is 0 Å². The van der Waals surface area contributed by atoms with Crippen molar-refractivity contribution in [3.8, 4) is 78.4 Å². The van der Waals surface area contributed by atoms with E-state index in [4.69, 9.17) is 9.97 Å². The van der Waals surface area contributed by atoms with Crippen molar-refractivity contribution in [3.05, 3.63) is 193 Å². The van der Waals surface area contributed by atoms with E-state index < -0.39 is 0 Å². The first-order chi connectivity index (χ1) is 24.9. The molecule has 0 aliphatic carbocycles. The Labute approximate surface area is 300 Å². The van der Waals surface area contributed by atoms with Crippen molar-refractivity contribution < 1.29 is 0 Å². The highest BCUT2D eigenvalue weighted by Gasteiger charge is 2.14. The van der Waals surface area contributed by atoms with Crippen LogP contribution in [0.3, 0.4) is 0 Å². The largest absolute Gasteiger partial charge is 0.228 e. The van der Waals surface area contributed by atoms with Gasteiger partial charge in [-0.15, -0.1) is 0 Å². The SMILES string of the molecule is Cc1cccc(-c2cccc(-c3cc(-c4cccc(-c5cc(C)cc(C)c5)c4)cc(-c4cc(-c5ccccc5)nc(-c5ccccc5)n4)c3)c2)c1. The minimum absolute atomic E-state index is 0.706. The van der Waals surface area contributed by atoms with Crippen molar-refractivity contribution in [2.75, 3.05) is 0 Å². The highest BCUT2D eigenvalue weighted by molar-refractivity contribution is 5.84. The van der Waals surface area contributed by atoms with Gasteiger partial charge in [-0.05, 0) is 102 Å². The van der Waals surface area contributed by atoms with Gasteiger partial charge in [0.1, 0.15) is 0 Å². The fourth-order valence-corrected chi connectivity index (χ4v) is 6.90. The molecule has 0 unspecified atom stereocenters. The third-order valence-electron chi connectivity index (χ3n) is 9.35. The number of benzene rings is 7. The molecule has 0 atom stereocenters. The fraction of sp³-hybridized carbons (Fsp3) is 0.0612. The maximum absolute atomic E-state index is 5.22. The van der Waals surface area contributed by atoms with E-state index in [0.717, 1.165) is 50.3 Å². The molecule has 0 bridgehead atoms. The van der Waals surface area contributed by atoms with Gasteiger partial charge in [-0.2, -0.15) is 0 Å². The Bertz CT molecular complexity index is 2420. The van der Waals surface area contributed by atoms with Gasteiger partial charge in [0.05, 0.1) is 11.4 Å². The van der Waals surface area contributed by atoms with Crippen LogP contribution in [0.5, 0.6) is 0 Å². The molecule has 0 aliphatic rings. The van der Waals surface area contributed by atoms with Crippen molar-refractivity contribution >= 4 is 0 Å². The molecule has 0 amide bonds. The third-order valence-corrected chi connectivity index (χ3v) is 9.35. The van der Waals surface area contributed by atoms with E-state index in [1.807, 2.05) is 24.3 Å². The molecule has 0 spiro atoms. The van der Waals surface area contributed by atoms with Crippen LogP contribution in [0.1, 0.15) is 16.7 Å². The molecule has 8 rings (SSSR count). The second-order valence-corrected chi connectivity index (χ2v) is 13.4. The summed E-state index contributed by atoms with van der Waals surface area (Å²) in [5.41, 5.74) is 18.1. The Hall–Kier alpha value is -6.38. The minimum atomic E-state index is 0.706. The van der Waals surface area contributed by atoms with Crippen molar-refractivity contribution in [1.29, 1.82) is 0 Å². The zero-order valence-electron chi connectivity index (χ0n) is 29.1. The lowest BCUT2D eigenvalue weighted by atomic mass is 9.91. The van der Waals surface area contributed by atoms with Gasteiger partial charge in [-0.3, -0.25) is 0 Å². The van der Waals surface area contributed by atoms with E-state index in [2.05, 4.69) is 172 Å². The summed E-state index contributed by atoms with van der Waals surface area (Å²) in [6, 6.07) is 62.8. The smallest absolute Gasteiger partial charge is 0.160 e. The summed E-state index contributed by atoms with van der Waals surface area (Å²) in [4.78, 5) is 10.3. The molecule has 0 aliphatic heterocycles. The van der Waals surface area contributed by atoms with E-state index >= 15 is 0 Å². The lowest BCUT2D eigenvalue weighted by Crippen LogP contribution is -1.96. The van der Waals surface area contributed by atoms with E-state index in [-0.39, 0.29) is 0 Å². The van der Waals surface area contributed by atoms with E-state index in [1.54, 1.807) is 0 Å². The first kappa shape index (κ1) is 31.9. The molecule has 0 N–H and O–H groups in total. The number of aromatic nitrogens is 2. The number of rotatable bonds is 7. The highest BCUT2D eigenvalue weighted by atomic mass is 14.9. The predicted molar refractivity (Wildman–Crippen MR) is 214 cm³/mol. The zero-order valence-corrected chi connectivity index (χ0v) is 29.1. The van der Waals surface area contributed by atoms with Crippen LogP contribution in [0.2, 0.25) is 0 Å². The van der Waals surface area contributed by atoms with Crippen molar-refractivity contribution in [2.24, 2.45) is 0 Å². The summed E-state index contributed by atoms with van der Waals surface area (Å²) < 4.78 is 0. The summed E-state index contributed by atoms with van der Waals surface area (Å²) >= 11 is 0. The molecule has 0 saturated heterocycles. The van der Waals surface area contributed by atoms with Gasteiger partial charge < -0.3 is 0 Å². The molecule has 0 saturated carbocycles. The number of hydrogen-bond donors (Lipinski definition) is 0. The zero-order chi connectivity index (χ0) is 34.7. The van der Waals surface area contributed by atoms with Crippen LogP contribution in [0.15, 0.2) is 176 Å². The Morgan fingerprint density at radius 3 is 1.18 bits per heavy atom. The summed E-state index contributed by atoms with van der Waals surface area (Å²) in [6.45, 7) is 6.47. The molecule has 7 aromatic carbocycles. The maximum atomic E-state index is 5.22. The minimum Gasteiger partial charge on any atom is -0.228 e. The monoisotopic (exact) mass is 654 g/mol. The Morgan fingerprint density at radius 1 is 0.255 bits per heavy atom. The van der Waals surface area contributed by atoms with Gasteiger partial charge in [-0.1, -0.05) is 156 Å². The molecule has 1 heterocycles. The average Bonchev–Trinajstić information content (AvgIpc) is 3.18. The van der Waals surface area contributed by atoms with Crippen LogP contribution >= 0.6 is 0 Å². The highest BCUT2D eigenvalue weighted by Crippen LogP contribution is 2.37. The molecule has 244 valence electrons. The Kier molecular flexibility index (Phi) is 8.66. The average molecular weight is 655 g/mol. The second kappa shape index (κ2) is 13.9. The summed E-state index contributed by atoms with van der Waals surface area (Å²) in [5.74, 6) is 0.706. The number of hydrogen-bond acceptors (Lipinski definition) is 2. The molecule has 2 heteroatoms. The van der Waals surface area contributed by atoms with Crippen LogP contribution in [0, 0.1) is 20.8 Å². The van der Waals surface area contributed by atoms with Crippen LogP contribution in [0.25, 0.3) is 78.4 Å². The van der Waals surface area contributed by atoms with Crippen LogP contribution in [-0.4, -0.2) is 9.97 Å². The van der Waals surface area contributed by atoms with Crippen LogP contribution in [0.4, 0.5) is 0 Å². The molecular formula is C49H38N2. The van der Waals surface area contributed by atoms with Gasteiger partial charge in [-0.25, -0.2) is 9.97 Å².